The van der Waals surface area contributed by atoms with Crippen LogP contribution in [0.25, 0.3) is 10.9 Å². The molecule has 1 heterocycles. The molecule has 4 heteroatoms. The number of hydrogen-bond acceptors (Lipinski definition) is 1. The molecule has 3 nitrogen and oxygen atoms in total. The highest BCUT2D eigenvalue weighted by Gasteiger charge is 2.11. The van der Waals surface area contributed by atoms with Crippen LogP contribution in [0.5, 0.6) is 0 Å². The molecule has 3 rings (SSSR count). The summed E-state index contributed by atoms with van der Waals surface area (Å²) in [4.78, 5) is 12.4. The third-order valence-electron chi connectivity index (χ3n) is 3.75. The summed E-state index contributed by atoms with van der Waals surface area (Å²) in [7, 11) is 1.93. The smallest absolute Gasteiger partial charge is 0.253 e. The molecule has 1 amide bonds. The lowest BCUT2D eigenvalue weighted by atomic mass is 10.1. The fraction of sp³-hybridized carbons (Fsp3) is 0.167. The number of carbonyl (C=O) groups excluding carboxylic acids is 1. The first-order valence-corrected chi connectivity index (χ1v) is 7.22. The van der Waals surface area contributed by atoms with Crippen molar-refractivity contribution in [2.75, 3.05) is 6.54 Å². The van der Waals surface area contributed by atoms with Crippen LogP contribution < -0.4 is 5.32 Å². The number of rotatable bonds is 4. The van der Waals surface area contributed by atoms with Gasteiger partial charge in [-0.15, -0.1) is 0 Å². The maximum atomic E-state index is 12.8. The van der Waals surface area contributed by atoms with Crippen LogP contribution in [0, 0.1) is 5.82 Å². The van der Waals surface area contributed by atoms with Crippen molar-refractivity contribution in [3.8, 4) is 0 Å². The number of halogens is 1. The largest absolute Gasteiger partial charge is 0.352 e. The molecule has 0 aliphatic heterocycles. The molecule has 22 heavy (non-hydrogen) atoms. The standard InChI is InChI=1S/C18H17FN2O/c1-21-12-10-14-3-2-4-16(17(14)21)18(22)20-11-9-13-5-7-15(19)8-6-13/h2-8,10,12H,9,11H2,1H3,(H,20,22). The summed E-state index contributed by atoms with van der Waals surface area (Å²) in [5, 5.41) is 3.97. The SMILES string of the molecule is Cn1ccc2cccc(C(=O)NCCc3ccc(F)cc3)c21. The second-order valence-electron chi connectivity index (χ2n) is 5.30. The maximum Gasteiger partial charge on any atom is 0.253 e. The highest BCUT2D eigenvalue weighted by molar-refractivity contribution is 6.05. The average Bonchev–Trinajstić information content (AvgIpc) is 2.91. The van der Waals surface area contributed by atoms with Crippen molar-refractivity contribution in [1.29, 1.82) is 0 Å². The van der Waals surface area contributed by atoms with Gasteiger partial charge in [0.05, 0.1) is 11.1 Å². The van der Waals surface area contributed by atoms with Gasteiger partial charge < -0.3 is 9.88 Å². The highest BCUT2D eigenvalue weighted by Crippen LogP contribution is 2.19. The molecule has 0 spiro atoms. The molecule has 0 saturated heterocycles. The van der Waals surface area contributed by atoms with Crippen LogP contribution in [0.2, 0.25) is 0 Å². The number of hydrogen-bond donors (Lipinski definition) is 1. The number of nitrogens with one attached hydrogen (secondary N) is 1. The lowest BCUT2D eigenvalue weighted by Gasteiger charge is -2.08. The minimum atomic E-state index is -0.247. The van der Waals surface area contributed by atoms with Gasteiger partial charge in [-0.05, 0) is 36.2 Å². The van der Waals surface area contributed by atoms with E-state index < -0.39 is 0 Å². The first-order valence-electron chi connectivity index (χ1n) is 7.22. The number of aryl methyl sites for hydroxylation is 1. The zero-order chi connectivity index (χ0) is 15.5. The van der Waals surface area contributed by atoms with Crippen LogP contribution in [-0.2, 0) is 13.5 Å². The van der Waals surface area contributed by atoms with Gasteiger partial charge in [-0.3, -0.25) is 4.79 Å². The summed E-state index contributed by atoms with van der Waals surface area (Å²) in [6.45, 7) is 0.519. The first kappa shape index (κ1) is 14.3. The van der Waals surface area contributed by atoms with Crippen molar-refractivity contribution >= 4 is 16.8 Å². The third kappa shape index (κ3) is 2.86. The molecule has 112 valence electrons. The molecular formula is C18H17FN2O. The van der Waals surface area contributed by atoms with E-state index in [0.29, 0.717) is 18.5 Å². The van der Waals surface area contributed by atoms with Gasteiger partial charge in [0.25, 0.3) is 5.91 Å². The van der Waals surface area contributed by atoms with Crippen molar-refractivity contribution in [3.05, 3.63) is 71.7 Å². The van der Waals surface area contributed by atoms with Gasteiger partial charge in [0.15, 0.2) is 0 Å². The van der Waals surface area contributed by atoms with Crippen LogP contribution in [-0.4, -0.2) is 17.0 Å². The van der Waals surface area contributed by atoms with Crippen molar-refractivity contribution < 1.29 is 9.18 Å². The molecule has 0 aliphatic carbocycles. The summed E-state index contributed by atoms with van der Waals surface area (Å²) >= 11 is 0. The minimum absolute atomic E-state index is 0.0884. The molecule has 1 N–H and O–H groups in total. The number of benzene rings is 2. The summed E-state index contributed by atoms with van der Waals surface area (Å²) < 4.78 is 14.8. The van der Waals surface area contributed by atoms with E-state index in [9.17, 15) is 9.18 Å². The number of fused-ring (bicyclic) bond motifs is 1. The summed E-state index contributed by atoms with van der Waals surface area (Å²) in [5.41, 5.74) is 2.60. The molecule has 0 unspecified atom stereocenters. The van der Waals surface area contributed by atoms with Gasteiger partial charge in [-0.1, -0.05) is 24.3 Å². The number of para-hydroxylation sites is 1. The Balaban J connectivity index is 1.69. The predicted octanol–water partition coefficient (Wildman–Crippen LogP) is 3.29. The van der Waals surface area contributed by atoms with Crippen LogP contribution in [0.4, 0.5) is 4.39 Å². The van der Waals surface area contributed by atoms with E-state index in [4.69, 9.17) is 0 Å². The Morgan fingerprint density at radius 2 is 1.91 bits per heavy atom. The Morgan fingerprint density at radius 1 is 1.14 bits per heavy atom. The Bertz CT molecular complexity index is 806. The monoisotopic (exact) mass is 296 g/mol. The third-order valence-corrected chi connectivity index (χ3v) is 3.75. The predicted molar refractivity (Wildman–Crippen MR) is 85.4 cm³/mol. The molecule has 1 aromatic heterocycles. The Kier molecular flexibility index (Phi) is 3.92. The maximum absolute atomic E-state index is 12.8. The second kappa shape index (κ2) is 6.02. The molecular weight excluding hydrogens is 279 g/mol. The molecule has 0 radical (unpaired) electrons. The van der Waals surface area contributed by atoms with Crippen molar-refractivity contribution in [1.82, 2.24) is 9.88 Å². The van der Waals surface area contributed by atoms with E-state index >= 15 is 0 Å². The van der Waals surface area contributed by atoms with Crippen molar-refractivity contribution in [2.24, 2.45) is 7.05 Å². The van der Waals surface area contributed by atoms with Gasteiger partial charge >= 0.3 is 0 Å². The normalized spacial score (nSPS) is 10.8. The molecule has 0 fully saturated rings. The van der Waals surface area contributed by atoms with Gasteiger partial charge in [0, 0.05) is 25.2 Å². The Morgan fingerprint density at radius 3 is 2.68 bits per heavy atom. The number of aromatic nitrogens is 1. The lowest BCUT2D eigenvalue weighted by Crippen LogP contribution is -2.26. The second-order valence-corrected chi connectivity index (χ2v) is 5.30. The van der Waals surface area contributed by atoms with E-state index in [1.54, 1.807) is 12.1 Å². The van der Waals surface area contributed by atoms with Crippen LogP contribution in [0.3, 0.4) is 0 Å². The van der Waals surface area contributed by atoms with Gasteiger partial charge in [0.1, 0.15) is 5.82 Å². The number of amides is 1. The fourth-order valence-corrected chi connectivity index (χ4v) is 2.61. The number of nitrogens with zero attached hydrogens (tertiary/aromatic N) is 1. The van der Waals surface area contributed by atoms with Crippen LogP contribution in [0.15, 0.2) is 54.7 Å². The van der Waals surface area contributed by atoms with Crippen molar-refractivity contribution in [2.45, 2.75) is 6.42 Å². The van der Waals surface area contributed by atoms with Crippen molar-refractivity contribution in [3.63, 3.8) is 0 Å². The minimum Gasteiger partial charge on any atom is -0.352 e. The molecule has 0 bridgehead atoms. The van der Waals surface area contributed by atoms with Gasteiger partial charge in [-0.2, -0.15) is 0 Å². The molecule has 0 aliphatic rings. The van der Waals surface area contributed by atoms with E-state index in [-0.39, 0.29) is 11.7 Å². The van der Waals surface area contributed by atoms with E-state index in [0.717, 1.165) is 16.5 Å². The summed E-state index contributed by atoms with van der Waals surface area (Å²) in [6, 6.07) is 14.0. The van der Waals surface area contributed by atoms with Gasteiger partial charge in [-0.25, -0.2) is 4.39 Å². The van der Waals surface area contributed by atoms with E-state index in [1.807, 2.05) is 42.1 Å². The lowest BCUT2D eigenvalue weighted by molar-refractivity contribution is 0.0955. The first-order chi connectivity index (χ1) is 10.6. The fourth-order valence-electron chi connectivity index (χ4n) is 2.61. The zero-order valence-electron chi connectivity index (χ0n) is 12.3. The molecule has 3 aromatic rings. The Hall–Kier alpha value is -2.62. The quantitative estimate of drug-likeness (QED) is 0.787. The van der Waals surface area contributed by atoms with Gasteiger partial charge in [0.2, 0.25) is 0 Å². The Labute approximate surface area is 128 Å². The average molecular weight is 296 g/mol. The van der Waals surface area contributed by atoms with Crippen LogP contribution in [0.1, 0.15) is 15.9 Å². The molecule has 2 aromatic carbocycles. The van der Waals surface area contributed by atoms with E-state index in [1.165, 1.54) is 12.1 Å². The number of carbonyl (C=O) groups is 1. The summed E-state index contributed by atoms with van der Waals surface area (Å²) in [6.07, 6.45) is 2.62. The zero-order valence-corrected chi connectivity index (χ0v) is 12.3. The highest BCUT2D eigenvalue weighted by atomic mass is 19.1. The van der Waals surface area contributed by atoms with E-state index in [2.05, 4.69) is 5.32 Å². The molecule has 0 saturated carbocycles. The topological polar surface area (TPSA) is 34.0 Å². The van der Waals surface area contributed by atoms with Crippen LogP contribution >= 0.6 is 0 Å². The summed E-state index contributed by atoms with van der Waals surface area (Å²) in [5.74, 6) is -0.335. The molecule has 0 atom stereocenters.